The summed E-state index contributed by atoms with van der Waals surface area (Å²) in [6, 6.07) is 11.8. The lowest BCUT2D eigenvalue weighted by Crippen LogP contribution is -2.43. The Labute approximate surface area is 142 Å². The lowest BCUT2D eigenvalue weighted by molar-refractivity contribution is -0.133. The fraction of sp³-hybridized carbons (Fsp3) is 0.222. The summed E-state index contributed by atoms with van der Waals surface area (Å²) >= 11 is 0. The second-order valence-electron chi connectivity index (χ2n) is 5.30. The molecule has 2 atom stereocenters. The summed E-state index contributed by atoms with van der Waals surface area (Å²) in [6.07, 6.45) is -4.73. The van der Waals surface area contributed by atoms with E-state index >= 15 is 0 Å². The zero-order valence-electron chi connectivity index (χ0n) is 13.0. The molecule has 0 fully saturated rings. The summed E-state index contributed by atoms with van der Waals surface area (Å²) in [5.74, 6) is -1.63. The highest BCUT2D eigenvalue weighted by Gasteiger charge is 2.26. The molecule has 0 spiro atoms. The second kappa shape index (κ2) is 8.31. The first-order valence-corrected chi connectivity index (χ1v) is 7.36. The molecule has 0 saturated carbocycles. The molecule has 2 unspecified atom stereocenters. The first-order valence-electron chi connectivity index (χ1n) is 7.36. The highest BCUT2D eigenvalue weighted by molar-refractivity contribution is 5.79. The van der Waals surface area contributed by atoms with Gasteiger partial charge in [0.1, 0.15) is 12.8 Å². The number of nitrogens with zero attached hydrogens (tertiary/aromatic N) is 1. The Kier molecular flexibility index (Phi) is 6.14. The van der Waals surface area contributed by atoms with Crippen LogP contribution in [0.3, 0.4) is 0 Å². The van der Waals surface area contributed by atoms with E-state index in [-0.39, 0.29) is 0 Å². The van der Waals surface area contributed by atoms with E-state index in [0.717, 1.165) is 11.1 Å². The number of halogens is 3. The van der Waals surface area contributed by atoms with Crippen LogP contribution in [0.15, 0.2) is 48.5 Å². The summed E-state index contributed by atoms with van der Waals surface area (Å²) in [6.45, 7) is 5.74. The monoisotopic (exact) mass is 348 g/mol. The molecule has 0 saturated heterocycles. The van der Waals surface area contributed by atoms with Crippen LogP contribution in [0.5, 0.6) is 0 Å². The highest BCUT2D eigenvalue weighted by atomic mass is 19.3. The molecule has 0 heterocycles. The summed E-state index contributed by atoms with van der Waals surface area (Å²) in [5, 5.41) is 11.9. The minimum absolute atomic E-state index is 0.291. The summed E-state index contributed by atoms with van der Waals surface area (Å²) < 4.78 is 37.5. The molecule has 2 aromatic carbocycles. The van der Waals surface area contributed by atoms with E-state index in [1.54, 1.807) is 41.7 Å². The lowest BCUT2D eigenvalue weighted by atomic mass is 9.98. The van der Waals surface area contributed by atoms with E-state index in [9.17, 15) is 23.1 Å². The quantitative estimate of drug-likeness (QED) is 0.783. The van der Waals surface area contributed by atoms with Gasteiger partial charge in [-0.15, -0.1) is 0 Å². The molecule has 4 nitrogen and oxygen atoms in total. The number of alkyl halides is 3. The van der Waals surface area contributed by atoms with Gasteiger partial charge in [0.15, 0.2) is 5.69 Å². The molecule has 2 rings (SSSR count). The summed E-state index contributed by atoms with van der Waals surface area (Å²) in [7, 11) is 0. The van der Waals surface area contributed by atoms with Gasteiger partial charge in [-0.2, -0.15) is 8.78 Å². The van der Waals surface area contributed by atoms with Gasteiger partial charge in [-0.05, 0) is 16.7 Å². The smallest absolute Gasteiger partial charge is 0.315 e. The molecule has 0 aliphatic heterocycles. The number of carbonyl (C=O) groups is 1. The van der Waals surface area contributed by atoms with Gasteiger partial charge in [-0.1, -0.05) is 48.5 Å². The molecule has 0 aliphatic rings. The number of hydrogen-bond acceptors (Lipinski definition) is 2. The van der Waals surface area contributed by atoms with Crippen LogP contribution in [-0.4, -0.2) is 30.2 Å². The van der Waals surface area contributed by atoms with Crippen molar-refractivity contribution >= 4 is 11.6 Å². The van der Waals surface area contributed by atoms with E-state index in [1.165, 1.54) is 12.1 Å². The average Bonchev–Trinajstić information content (AvgIpc) is 2.65. The molecular weight excluding hydrogens is 333 g/mol. The van der Waals surface area contributed by atoms with E-state index in [1.807, 2.05) is 0 Å². The minimum atomic E-state index is -3.28. The van der Waals surface area contributed by atoms with E-state index in [0.29, 0.717) is 11.3 Å². The number of amides is 1. The number of aliphatic hydroxyl groups excluding tert-OH is 1. The molecule has 0 aliphatic carbocycles. The normalized spacial score (nSPS) is 13.1. The number of hydrogen-bond donors (Lipinski definition) is 2. The van der Waals surface area contributed by atoms with E-state index in [2.05, 4.69) is 4.85 Å². The topological polar surface area (TPSA) is 53.7 Å². The van der Waals surface area contributed by atoms with Gasteiger partial charge in [0.25, 0.3) is 5.91 Å². The Morgan fingerprint density at radius 3 is 2.04 bits per heavy atom. The minimum Gasteiger partial charge on any atom is -0.386 e. The molecule has 0 aromatic heterocycles. The SMILES string of the molecule is [C-]#[N+]c1ccc(-c2ccc(C(O)C(CF)NC(=O)C(F)F)cc2)cc1. The van der Waals surface area contributed by atoms with Crippen molar-refractivity contribution in [3.05, 3.63) is 65.5 Å². The maximum atomic E-state index is 13.0. The summed E-state index contributed by atoms with van der Waals surface area (Å²) in [4.78, 5) is 14.3. The van der Waals surface area contributed by atoms with Crippen LogP contribution in [0.4, 0.5) is 18.9 Å². The predicted octanol–water partition coefficient (Wildman–Crippen LogP) is 3.66. The van der Waals surface area contributed by atoms with Gasteiger partial charge in [-0.25, -0.2) is 9.24 Å². The molecule has 0 radical (unpaired) electrons. The van der Waals surface area contributed by atoms with Gasteiger partial charge in [-0.3, -0.25) is 4.79 Å². The fourth-order valence-corrected chi connectivity index (χ4v) is 2.28. The van der Waals surface area contributed by atoms with Crippen molar-refractivity contribution in [2.45, 2.75) is 18.6 Å². The fourth-order valence-electron chi connectivity index (χ4n) is 2.28. The second-order valence-corrected chi connectivity index (χ2v) is 5.30. The van der Waals surface area contributed by atoms with Crippen molar-refractivity contribution in [1.29, 1.82) is 0 Å². The Balaban J connectivity index is 2.14. The van der Waals surface area contributed by atoms with Gasteiger partial charge in [0.2, 0.25) is 0 Å². The third-order valence-electron chi connectivity index (χ3n) is 3.66. The molecule has 2 N–H and O–H groups in total. The Hall–Kier alpha value is -2.85. The van der Waals surface area contributed by atoms with Gasteiger partial charge >= 0.3 is 6.43 Å². The van der Waals surface area contributed by atoms with Gasteiger partial charge < -0.3 is 10.4 Å². The molecule has 0 bridgehead atoms. The lowest BCUT2D eigenvalue weighted by Gasteiger charge is -2.22. The van der Waals surface area contributed by atoms with Crippen LogP contribution in [0.2, 0.25) is 0 Å². The summed E-state index contributed by atoms with van der Waals surface area (Å²) in [5.41, 5.74) is 2.46. The highest BCUT2D eigenvalue weighted by Crippen LogP contribution is 2.25. The van der Waals surface area contributed by atoms with Crippen LogP contribution >= 0.6 is 0 Å². The number of nitrogens with one attached hydrogen (secondary N) is 1. The zero-order chi connectivity index (χ0) is 18.4. The third-order valence-corrected chi connectivity index (χ3v) is 3.66. The number of aliphatic hydroxyl groups is 1. The van der Waals surface area contributed by atoms with Crippen LogP contribution < -0.4 is 5.32 Å². The first kappa shape index (κ1) is 18.5. The Bertz CT molecular complexity index is 755. The third kappa shape index (κ3) is 4.58. The van der Waals surface area contributed by atoms with Crippen LogP contribution in [0.25, 0.3) is 16.0 Å². The standard InChI is InChI=1S/C18H15F3N2O2/c1-22-14-8-6-12(7-9-14)11-2-4-13(5-3-11)16(24)15(10-19)23-18(25)17(20)21/h2-9,15-17,24H,10H2,(H,23,25). The van der Waals surface area contributed by atoms with Gasteiger partial charge in [0.05, 0.1) is 12.6 Å². The van der Waals surface area contributed by atoms with Crippen LogP contribution in [0, 0.1) is 6.57 Å². The zero-order valence-corrected chi connectivity index (χ0v) is 13.0. The Morgan fingerprint density at radius 1 is 1.08 bits per heavy atom. The molecule has 130 valence electrons. The van der Waals surface area contributed by atoms with Crippen LogP contribution in [0.1, 0.15) is 11.7 Å². The molecule has 25 heavy (non-hydrogen) atoms. The average molecular weight is 348 g/mol. The van der Waals surface area contributed by atoms with E-state index < -0.39 is 31.2 Å². The maximum absolute atomic E-state index is 13.0. The van der Waals surface area contributed by atoms with Crippen molar-refractivity contribution in [2.24, 2.45) is 0 Å². The van der Waals surface area contributed by atoms with Gasteiger partial charge in [0, 0.05) is 0 Å². The largest absolute Gasteiger partial charge is 0.386 e. The Morgan fingerprint density at radius 2 is 1.60 bits per heavy atom. The van der Waals surface area contributed by atoms with Crippen molar-refractivity contribution in [3.8, 4) is 11.1 Å². The van der Waals surface area contributed by atoms with E-state index in [4.69, 9.17) is 6.57 Å². The van der Waals surface area contributed by atoms with Crippen LogP contribution in [-0.2, 0) is 4.79 Å². The van der Waals surface area contributed by atoms with Crippen molar-refractivity contribution in [1.82, 2.24) is 5.32 Å². The molecule has 1 amide bonds. The number of carbonyl (C=O) groups excluding carboxylic acids is 1. The molecule has 2 aromatic rings. The van der Waals surface area contributed by atoms with Crippen molar-refractivity contribution in [2.75, 3.05) is 6.67 Å². The van der Waals surface area contributed by atoms with Crippen molar-refractivity contribution < 1.29 is 23.1 Å². The maximum Gasteiger partial charge on any atom is 0.315 e. The predicted molar refractivity (Wildman–Crippen MR) is 87.0 cm³/mol. The number of benzene rings is 2. The molecule has 7 heteroatoms. The van der Waals surface area contributed by atoms with Crippen molar-refractivity contribution in [3.63, 3.8) is 0 Å². The number of rotatable bonds is 6. The first-order chi connectivity index (χ1) is 12.0. The molecular formula is C18H15F3N2O2.